The average molecular weight is 397 g/mol. The lowest BCUT2D eigenvalue weighted by atomic mass is 10.1. The summed E-state index contributed by atoms with van der Waals surface area (Å²) in [5.41, 5.74) is 0.394. The van der Waals surface area contributed by atoms with Crippen molar-refractivity contribution in [3.8, 4) is 11.5 Å². The standard InChI is InChI=1S/C19H28N2O5S/c1-14(19(22)20-15-7-5-3-4-6-8-15)21(27(2,23)24)16-9-10-17-18(13-16)26-12-11-25-17/h9-10,13-15H,3-8,11-12H2,1-2H3,(H,20,22). The number of fused-ring (bicyclic) bond motifs is 1. The van der Waals surface area contributed by atoms with Crippen molar-refractivity contribution in [2.24, 2.45) is 0 Å². The van der Waals surface area contributed by atoms with Gasteiger partial charge in [-0.1, -0.05) is 25.7 Å². The van der Waals surface area contributed by atoms with Crippen LogP contribution < -0.4 is 19.1 Å². The van der Waals surface area contributed by atoms with E-state index in [9.17, 15) is 13.2 Å². The topological polar surface area (TPSA) is 84.9 Å². The Balaban J connectivity index is 1.80. The Bertz CT molecular complexity index is 772. The van der Waals surface area contributed by atoms with E-state index in [0.717, 1.165) is 36.2 Å². The van der Waals surface area contributed by atoms with E-state index in [1.807, 2.05) is 0 Å². The molecule has 1 fully saturated rings. The number of rotatable bonds is 5. The number of nitrogens with one attached hydrogen (secondary N) is 1. The molecule has 1 N–H and O–H groups in total. The molecular formula is C19H28N2O5S. The number of hydrogen-bond donors (Lipinski definition) is 1. The quantitative estimate of drug-likeness (QED) is 0.773. The Morgan fingerprint density at radius 3 is 2.37 bits per heavy atom. The Kier molecular flexibility index (Phi) is 6.14. The van der Waals surface area contributed by atoms with Gasteiger partial charge in [0.15, 0.2) is 11.5 Å². The normalized spacial score (nSPS) is 19.0. The van der Waals surface area contributed by atoms with Crippen molar-refractivity contribution < 1.29 is 22.7 Å². The van der Waals surface area contributed by atoms with E-state index in [1.54, 1.807) is 25.1 Å². The number of anilines is 1. The zero-order valence-corrected chi connectivity index (χ0v) is 16.8. The van der Waals surface area contributed by atoms with Gasteiger partial charge in [0.2, 0.25) is 15.9 Å². The first-order chi connectivity index (χ1) is 12.9. The maximum absolute atomic E-state index is 12.8. The smallest absolute Gasteiger partial charge is 0.243 e. The molecule has 1 amide bonds. The molecule has 0 spiro atoms. The second-order valence-corrected chi connectivity index (χ2v) is 9.12. The molecule has 0 saturated heterocycles. The zero-order valence-electron chi connectivity index (χ0n) is 15.9. The molecule has 1 saturated carbocycles. The van der Waals surface area contributed by atoms with Gasteiger partial charge in [-0.05, 0) is 31.9 Å². The fraction of sp³-hybridized carbons (Fsp3) is 0.632. The zero-order chi connectivity index (χ0) is 19.4. The molecule has 1 heterocycles. The van der Waals surface area contributed by atoms with Gasteiger partial charge in [0.05, 0.1) is 11.9 Å². The van der Waals surface area contributed by atoms with Crippen molar-refractivity contribution >= 4 is 21.6 Å². The lowest BCUT2D eigenvalue weighted by molar-refractivity contribution is -0.122. The van der Waals surface area contributed by atoms with Crippen LogP contribution in [-0.2, 0) is 14.8 Å². The number of benzene rings is 1. The summed E-state index contributed by atoms with van der Waals surface area (Å²) in [6, 6.07) is 4.20. The lowest BCUT2D eigenvalue weighted by Crippen LogP contribution is -2.50. The van der Waals surface area contributed by atoms with Crippen LogP contribution in [0.4, 0.5) is 5.69 Å². The second-order valence-electron chi connectivity index (χ2n) is 7.26. The van der Waals surface area contributed by atoms with Crippen molar-refractivity contribution in [1.82, 2.24) is 5.32 Å². The molecule has 3 rings (SSSR count). The predicted octanol–water partition coefficient (Wildman–Crippen LogP) is 2.45. The molecule has 1 atom stereocenters. The molecule has 0 bridgehead atoms. The monoisotopic (exact) mass is 396 g/mol. The summed E-state index contributed by atoms with van der Waals surface area (Å²) in [7, 11) is -3.66. The SMILES string of the molecule is CC(C(=O)NC1CCCCCC1)N(c1ccc2c(c1)OCCO2)S(C)(=O)=O. The van der Waals surface area contributed by atoms with E-state index in [1.165, 1.54) is 12.8 Å². The summed E-state index contributed by atoms with van der Waals surface area (Å²) in [6.45, 7) is 2.49. The molecule has 1 aliphatic carbocycles. The molecule has 1 aliphatic heterocycles. The molecule has 2 aliphatic rings. The molecule has 8 heteroatoms. The first-order valence-electron chi connectivity index (χ1n) is 9.55. The van der Waals surface area contributed by atoms with Gasteiger partial charge in [-0.2, -0.15) is 0 Å². The summed E-state index contributed by atoms with van der Waals surface area (Å²) >= 11 is 0. The van der Waals surface area contributed by atoms with Crippen LogP contribution in [0.3, 0.4) is 0 Å². The minimum Gasteiger partial charge on any atom is -0.486 e. The van der Waals surface area contributed by atoms with Crippen LogP contribution in [0.25, 0.3) is 0 Å². The molecule has 150 valence electrons. The highest BCUT2D eigenvalue weighted by Crippen LogP contribution is 2.35. The molecule has 0 aromatic heterocycles. The fourth-order valence-corrected chi connectivity index (χ4v) is 4.89. The molecule has 7 nitrogen and oxygen atoms in total. The van der Waals surface area contributed by atoms with Crippen molar-refractivity contribution in [2.75, 3.05) is 23.8 Å². The largest absolute Gasteiger partial charge is 0.486 e. The van der Waals surface area contributed by atoms with Crippen molar-refractivity contribution in [1.29, 1.82) is 0 Å². The van der Waals surface area contributed by atoms with Crippen molar-refractivity contribution in [2.45, 2.75) is 57.5 Å². The van der Waals surface area contributed by atoms with E-state index in [0.29, 0.717) is 30.4 Å². The van der Waals surface area contributed by atoms with Crippen molar-refractivity contribution in [3.63, 3.8) is 0 Å². The minimum absolute atomic E-state index is 0.115. The lowest BCUT2D eigenvalue weighted by Gasteiger charge is -2.30. The molecular weight excluding hydrogens is 368 g/mol. The number of amides is 1. The third-order valence-electron chi connectivity index (χ3n) is 5.07. The fourth-order valence-electron chi connectivity index (χ4n) is 3.72. The third-order valence-corrected chi connectivity index (χ3v) is 6.31. The van der Waals surface area contributed by atoms with Gasteiger partial charge in [0.1, 0.15) is 19.3 Å². The Labute approximate surface area is 161 Å². The number of sulfonamides is 1. The van der Waals surface area contributed by atoms with Gasteiger partial charge in [-0.15, -0.1) is 0 Å². The van der Waals surface area contributed by atoms with Gasteiger partial charge in [0, 0.05) is 12.1 Å². The summed E-state index contributed by atoms with van der Waals surface area (Å²) in [6.07, 6.45) is 7.57. The number of carbonyl (C=O) groups excluding carboxylic acids is 1. The summed E-state index contributed by atoms with van der Waals surface area (Å²) in [4.78, 5) is 12.8. The van der Waals surface area contributed by atoms with Crippen LogP contribution in [-0.4, -0.2) is 45.9 Å². The Morgan fingerprint density at radius 1 is 1.11 bits per heavy atom. The third kappa shape index (κ3) is 4.86. The maximum Gasteiger partial charge on any atom is 0.243 e. The highest BCUT2D eigenvalue weighted by atomic mass is 32.2. The van der Waals surface area contributed by atoms with Crippen LogP contribution in [0.5, 0.6) is 11.5 Å². The number of carbonyl (C=O) groups is 1. The van der Waals surface area contributed by atoms with Crippen molar-refractivity contribution in [3.05, 3.63) is 18.2 Å². The van der Waals surface area contributed by atoms with E-state index in [2.05, 4.69) is 5.32 Å². The predicted molar refractivity (Wildman–Crippen MR) is 104 cm³/mol. The molecule has 1 aromatic rings. The Hall–Kier alpha value is -1.96. The summed E-state index contributed by atoms with van der Waals surface area (Å²) in [5, 5.41) is 3.04. The van der Waals surface area contributed by atoms with Crippen LogP contribution in [0.15, 0.2) is 18.2 Å². The average Bonchev–Trinajstić information content (AvgIpc) is 2.89. The van der Waals surface area contributed by atoms with Gasteiger partial charge in [-0.25, -0.2) is 8.42 Å². The first kappa shape index (κ1) is 19.8. The van der Waals surface area contributed by atoms with E-state index in [-0.39, 0.29) is 11.9 Å². The summed E-state index contributed by atoms with van der Waals surface area (Å²) < 4.78 is 37.1. The summed E-state index contributed by atoms with van der Waals surface area (Å²) in [5.74, 6) is 0.792. The number of hydrogen-bond acceptors (Lipinski definition) is 5. The van der Waals surface area contributed by atoms with Crippen LogP contribution >= 0.6 is 0 Å². The van der Waals surface area contributed by atoms with E-state index < -0.39 is 16.1 Å². The van der Waals surface area contributed by atoms with Crippen LogP contribution in [0, 0.1) is 0 Å². The highest BCUT2D eigenvalue weighted by molar-refractivity contribution is 7.92. The van der Waals surface area contributed by atoms with Gasteiger partial charge >= 0.3 is 0 Å². The maximum atomic E-state index is 12.8. The highest BCUT2D eigenvalue weighted by Gasteiger charge is 2.31. The second kappa shape index (κ2) is 8.37. The van der Waals surface area contributed by atoms with Gasteiger partial charge < -0.3 is 14.8 Å². The van der Waals surface area contributed by atoms with Crippen LogP contribution in [0.2, 0.25) is 0 Å². The van der Waals surface area contributed by atoms with Crippen LogP contribution in [0.1, 0.15) is 45.4 Å². The first-order valence-corrected chi connectivity index (χ1v) is 11.4. The minimum atomic E-state index is -3.66. The number of ether oxygens (including phenoxy) is 2. The number of nitrogens with zero attached hydrogens (tertiary/aromatic N) is 1. The van der Waals surface area contributed by atoms with E-state index >= 15 is 0 Å². The molecule has 27 heavy (non-hydrogen) atoms. The molecule has 1 aromatic carbocycles. The van der Waals surface area contributed by atoms with Gasteiger partial charge in [0.25, 0.3) is 0 Å². The van der Waals surface area contributed by atoms with Gasteiger partial charge in [-0.3, -0.25) is 9.10 Å². The Morgan fingerprint density at radius 2 is 1.74 bits per heavy atom. The molecule has 1 unspecified atom stereocenters. The molecule has 0 radical (unpaired) electrons. The van der Waals surface area contributed by atoms with E-state index in [4.69, 9.17) is 9.47 Å².